The van der Waals surface area contributed by atoms with E-state index >= 15 is 0 Å². The maximum absolute atomic E-state index is 10.8. The lowest BCUT2D eigenvalue weighted by Crippen LogP contribution is -2.25. The molecule has 6 heteroatoms. The van der Waals surface area contributed by atoms with Gasteiger partial charge in [0.05, 0.1) is 0 Å². The van der Waals surface area contributed by atoms with Crippen LogP contribution >= 0.6 is 0 Å². The third-order valence-electron chi connectivity index (χ3n) is 6.38. The quantitative estimate of drug-likeness (QED) is 0.250. The van der Waals surface area contributed by atoms with Crippen LogP contribution in [-0.2, 0) is 6.42 Å². The van der Waals surface area contributed by atoms with E-state index in [-0.39, 0.29) is 5.75 Å². The molecule has 1 aliphatic heterocycles. The zero-order valence-electron chi connectivity index (χ0n) is 23.1. The molecule has 0 aliphatic carbocycles. The number of phenols is 1. The molecule has 0 spiro atoms. The zero-order valence-corrected chi connectivity index (χ0v) is 23.1. The molecule has 1 aliphatic rings. The summed E-state index contributed by atoms with van der Waals surface area (Å²) in [4.78, 5) is 2.32. The molecule has 2 aromatic rings. The number of nitrogens with zero attached hydrogens (tertiary/aromatic N) is 1. The van der Waals surface area contributed by atoms with Crippen molar-refractivity contribution in [1.29, 1.82) is 0 Å². The first-order valence-electron chi connectivity index (χ1n) is 12.9. The summed E-state index contributed by atoms with van der Waals surface area (Å²) in [6.45, 7) is 22.9. The van der Waals surface area contributed by atoms with Gasteiger partial charge in [0.25, 0.3) is 0 Å². The van der Waals surface area contributed by atoms with Crippen LogP contribution in [0.4, 0.5) is 0 Å². The second-order valence-corrected chi connectivity index (χ2v) is 10.2. The van der Waals surface area contributed by atoms with E-state index in [0.717, 1.165) is 25.2 Å². The molecular weight excluding hydrogens is 466 g/mol. The van der Waals surface area contributed by atoms with Crippen molar-refractivity contribution in [3.05, 3.63) is 72.9 Å². The highest BCUT2D eigenvalue weighted by molar-refractivity contribution is 5.64. The second kappa shape index (κ2) is 11.8. The van der Waals surface area contributed by atoms with E-state index in [1.165, 1.54) is 0 Å². The SMILES string of the molecule is C=CC(C)(C)Oc1cc(O)c2c(c1)Oc1c(ccc(OC(C)(C)C=C)c1OC/C=C/CN(CC)CC)C2. The molecular formula is C31H41NO5. The van der Waals surface area contributed by atoms with Crippen LogP contribution in [-0.4, -0.2) is 47.4 Å². The zero-order chi connectivity index (χ0) is 27.2. The molecule has 1 heterocycles. The van der Waals surface area contributed by atoms with Crippen molar-refractivity contribution in [2.45, 2.75) is 59.2 Å². The fourth-order valence-electron chi connectivity index (χ4n) is 3.86. The van der Waals surface area contributed by atoms with E-state index < -0.39 is 11.2 Å². The van der Waals surface area contributed by atoms with Gasteiger partial charge in [0.1, 0.15) is 35.1 Å². The number of ether oxygens (including phenoxy) is 4. The van der Waals surface area contributed by atoms with Gasteiger partial charge in [-0.15, -0.1) is 0 Å². The largest absolute Gasteiger partial charge is 0.507 e. The summed E-state index contributed by atoms with van der Waals surface area (Å²) in [5, 5.41) is 10.8. The number of fused-ring (bicyclic) bond motifs is 2. The van der Waals surface area contributed by atoms with Gasteiger partial charge in [-0.05, 0) is 59.0 Å². The number of hydrogen-bond donors (Lipinski definition) is 1. The number of phenolic OH excluding ortho intramolecular Hbond substituents is 1. The first kappa shape index (κ1) is 28.2. The van der Waals surface area contributed by atoms with Gasteiger partial charge in [0, 0.05) is 36.2 Å². The number of hydrogen-bond acceptors (Lipinski definition) is 6. The van der Waals surface area contributed by atoms with Crippen LogP contribution in [0.5, 0.6) is 34.5 Å². The van der Waals surface area contributed by atoms with Crippen LogP contribution in [0.2, 0.25) is 0 Å². The van der Waals surface area contributed by atoms with Gasteiger partial charge in [-0.1, -0.05) is 45.2 Å². The maximum Gasteiger partial charge on any atom is 0.204 e. The second-order valence-electron chi connectivity index (χ2n) is 10.2. The summed E-state index contributed by atoms with van der Waals surface area (Å²) in [6, 6.07) is 7.23. The lowest BCUT2D eigenvalue weighted by molar-refractivity contribution is 0.153. The molecule has 0 aromatic heterocycles. The fourth-order valence-corrected chi connectivity index (χ4v) is 3.86. The molecule has 0 fully saturated rings. The summed E-state index contributed by atoms with van der Waals surface area (Å²) < 4.78 is 24.9. The molecule has 3 rings (SSSR count). The third kappa shape index (κ3) is 7.10. The Morgan fingerprint density at radius 3 is 2.32 bits per heavy atom. The van der Waals surface area contributed by atoms with Crippen LogP contribution in [0.25, 0.3) is 0 Å². The molecule has 2 aromatic carbocycles. The number of likely N-dealkylation sites (N-methyl/N-ethyl adjacent to an activating group) is 1. The van der Waals surface area contributed by atoms with Crippen LogP contribution in [0.15, 0.2) is 61.7 Å². The van der Waals surface area contributed by atoms with E-state index in [2.05, 4.69) is 38.0 Å². The van der Waals surface area contributed by atoms with Crippen LogP contribution < -0.4 is 18.9 Å². The van der Waals surface area contributed by atoms with Crippen molar-refractivity contribution < 1.29 is 24.1 Å². The highest BCUT2D eigenvalue weighted by atomic mass is 16.6. The Balaban J connectivity index is 1.94. The lowest BCUT2D eigenvalue weighted by atomic mass is 9.98. The van der Waals surface area contributed by atoms with Crippen LogP contribution in [0, 0.1) is 0 Å². The van der Waals surface area contributed by atoms with Gasteiger partial charge in [-0.2, -0.15) is 0 Å². The van der Waals surface area contributed by atoms with Gasteiger partial charge in [-0.3, -0.25) is 0 Å². The standard InChI is InChI=1S/C31H41NO5/c1-9-30(5,6)36-23-20-25(33)24-19-22-15-16-26(37-31(7,8)10-2)29(28(22)35-27(24)21-23)34-18-14-13-17-32(11-3)12-4/h9-10,13-16,20-21,33H,1-2,11-12,17-19H2,3-8H3/b14-13+. The molecule has 1 N–H and O–H groups in total. The van der Waals surface area contributed by atoms with Gasteiger partial charge >= 0.3 is 0 Å². The Morgan fingerprint density at radius 1 is 1.00 bits per heavy atom. The minimum Gasteiger partial charge on any atom is -0.507 e. The van der Waals surface area contributed by atoms with Gasteiger partial charge in [-0.25, -0.2) is 0 Å². The Bertz CT molecular complexity index is 1140. The lowest BCUT2D eigenvalue weighted by Gasteiger charge is -2.29. The van der Waals surface area contributed by atoms with E-state index in [1.54, 1.807) is 24.3 Å². The Hall–Kier alpha value is -3.38. The summed E-state index contributed by atoms with van der Waals surface area (Å²) in [6.07, 6.45) is 8.06. The average Bonchev–Trinajstić information content (AvgIpc) is 2.86. The minimum atomic E-state index is -0.604. The molecule has 0 atom stereocenters. The average molecular weight is 508 g/mol. The van der Waals surface area contributed by atoms with Crippen molar-refractivity contribution in [1.82, 2.24) is 4.90 Å². The normalized spacial score (nSPS) is 13.1. The molecule has 6 nitrogen and oxygen atoms in total. The van der Waals surface area contributed by atoms with Gasteiger partial charge in [0.15, 0.2) is 11.5 Å². The molecule has 0 amide bonds. The van der Waals surface area contributed by atoms with Crippen LogP contribution in [0.3, 0.4) is 0 Å². The Kier molecular flexibility index (Phi) is 8.98. The third-order valence-corrected chi connectivity index (χ3v) is 6.38. The molecule has 0 unspecified atom stereocenters. The summed E-state index contributed by atoms with van der Waals surface area (Å²) in [7, 11) is 0. The monoisotopic (exact) mass is 507 g/mol. The van der Waals surface area contributed by atoms with Gasteiger partial charge in [0.2, 0.25) is 5.75 Å². The highest BCUT2D eigenvalue weighted by Crippen LogP contribution is 2.50. The topological polar surface area (TPSA) is 60.4 Å². The minimum absolute atomic E-state index is 0.118. The van der Waals surface area contributed by atoms with E-state index in [0.29, 0.717) is 47.3 Å². The Morgan fingerprint density at radius 2 is 1.68 bits per heavy atom. The molecule has 0 saturated carbocycles. The predicted octanol–water partition coefficient (Wildman–Crippen LogP) is 7.05. The first-order chi connectivity index (χ1) is 17.5. The fraction of sp³-hybridized carbons (Fsp3) is 0.419. The van der Waals surface area contributed by atoms with Crippen molar-refractivity contribution in [3.63, 3.8) is 0 Å². The summed E-state index contributed by atoms with van der Waals surface area (Å²) in [5.41, 5.74) is 0.388. The summed E-state index contributed by atoms with van der Waals surface area (Å²) in [5.74, 6) is 2.78. The highest BCUT2D eigenvalue weighted by Gasteiger charge is 2.29. The van der Waals surface area contributed by atoms with E-state index in [1.807, 2.05) is 45.9 Å². The molecule has 200 valence electrons. The number of aromatic hydroxyl groups is 1. The predicted molar refractivity (Wildman–Crippen MR) is 150 cm³/mol. The van der Waals surface area contributed by atoms with E-state index in [9.17, 15) is 5.11 Å². The van der Waals surface area contributed by atoms with Crippen molar-refractivity contribution in [3.8, 4) is 34.5 Å². The van der Waals surface area contributed by atoms with Crippen molar-refractivity contribution in [2.75, 3.05) is 26.2 Å². The van der Waals surface area contributed by atoms with Gasteiger partial charge < -0.3 is 29.0 Å². The molecule has 0 radical (unpaired) electrons. The molecule has 0 saturated heterocycles. The van der Waals surface area contributed by atoms with Crippen molar-refractivity contribution in [2.24, 2.45) is 0 Å². The first-order valence-corrected chi connectivity index (χ1v) is 12.9. The van der Waals surface area contributed by atoms with E-state index in [4.69, 9.17) is 18.9 Å². The Labute approximate surface area is 221 Å². The van der Waals surface area contributed by atoms with Crippen LogP contribution in [0.1, 0.15) is 52.7 Å². The van der Waals surface area contributed by atoms with Crippen molar-refractivity contribution >= 4 is 0 Å². The summed E-state index contributed by atoms with van der Waals surface area (Å²) >= 11 is 0. The molecule has 37 heavy (non-hydrogen) atoms. The maximum atomic E-state index is 10.8. The number of benzene rings is 2. The smallest absolute Gasteiger partial charge is 0.204 e. The number of rotatable bonds is 13. The molecule has 0 bridgehead atoms.